The second-order valence-electron chi connectivity index (χ2n) is 3.97. The maximum absolute atomic E-state index is 13.6. The first kappa shape index (κ1) is 14.3. The van der Waals surface area contributed by atoms with Crippen LogP contribution in [0.1, 0.15) is 18.2 Å². The summed E-state index contributed by atoms with van der Waals surface area (Å²) < 4.78 is 19.9. The molecule has 0 fully saturated rings. The topological polar surface area (TPSA) is 22.1 Å². The van der Waals surface area contributed by atoms with Gasteiger partial charge in [0.2, 0.25) is 5.88 Å². The smallest absolute Gasteiger partial charge is 0.219 e. The predicted molar refractivity (Wildman–Crippen MR) is 77.3 cm³/mol. The molecular weight excluding hydrogens is 333 g/mol. The Hall–Kier alpha value is -1.13. The van der Waals surface area contributed by atoms with E-state index in [1.54, 1.807) is 18.2 Å². The lowest BCUT2D eigenvalue weighted by atomic mass is 10.2. The van der Waals surface area contributed by atoms with Crippen molar-refractivity contribution in [2.24, 2.45) is 0 Å². The van der Waals surface area contributed by atoms with Crippen LogP contribution in [-0.4, -0.2) is 4.98 Å². The molecule has 100 valence electrons. The van der Waals surface area contributed by atoms with Crippen LogP contribution in [0.3, 0.4) is 0 Å². The quantitative estimate of drug-likeness (QED) is 0.722. The number of aryl methyl sites for hydroxylation is 1. The molecule has 5 heteroatoms. The van der Waals surface area contributed by atoms with Gasteiger partial charge in [-0.05, 0) is 36.2 Å². The minimum absolute atomic E-state index is 0.135. The Morgan fingerprint density at radius 2 is 2.11 bits per heavy atom. The molecule has 1 heterocycles. The summed E-state index contributed by atoms with van der Waals surface area (Å²) in [5.41, 5.74) is 1.77. The van der Waals surface area contributed by atoms with Crippen molar-refractivity contribution in [1.29, 1.82) is 0 Å². The molecule has 0 spiro atoms. The molecule has 0 aliphatic rings. The fourth-order valence-electron chi connectivity index (χ4n) is 1.60. The molecule has 0 radical (unpaired) electrons. The van der Waals surface area contributed by atoms with Gasteiger partial charge in [0.05, 0.1) is 0 Å². The van der Waals surface area contributed by atoms with E-state index in [1.807, 2.05) is 13.0 Å². The van der Waals surface area contributed by atoms with Crippen molar-refractivity contribution < 1.29 is 9.13 Å². The van der Waals surface area contributed by atoms with Gasteiger partial charge >= 0.3 is 0 Å². The third kappa shape index (κ3) is 3.67. The second-order valence-corrected chi connectivity index (χ2v) is 5.15. The van der Waals surface area contributed by atoms with E-state index in [0.29, 0.717) is 11.8 Å². The van der Waals surface area contributed by atoms with Crippen LogP contribution in [0.4, 0.5) is 4.39 Å². The highest BCUT2D eigenvalue weighted by atomic mass is 79.9. The van der Waals surface area contributed by atoms with Crippen molar-refractivity contribution in [2.45, 2.75) is 19.2 Å². The SMILES string of the molecule is CCc1cc(CCl)cc(Oc2cc(Br)ccc2F)n1. The molecule has 0 aliphatic carbocycles. The number of rotatable bonds is 4. The van der Waals surface area contributed by atoms with Gasteiger partial charge in [-0.15, -0.1) is 11.6 Å². The fourth-order valence-corrected chi connectivity index (χ4v) is 2.09. The molecule has 1 aromatic carbocycles. The Bertz CT molecular complexity index is 569. The molecule has 19 heavy (non-hydrogen) atoms. The number of benzene rings is 1. The average molecular weight is 345 g/mol. The molecule has 0 atom stereocenters. The Morgan fingerprint density at radius 1 is 1.32 bits per heavy atom. The zero-order valence-corrected chi connectivity index (χ0v) is 12.6. The van der Waals surface area contributed by atoms with Gasteiger partial charge < -0.3 is 4.74 Å². The molecule has 0 saturated heterocycles. The first-order valence-electron chi connectivity index (χ1n) is 5.81. The number of halogens is 3. The Balaban J connectivity index is 2.34. The van der Waals surface area contributed by atoms with E-state index in [9.17, 15) is 4.39 Å². The van der Waals surface area contributed by atoms with Gasteiger partial charge in [0.15, 0.2) is 11.6 Å². The van der Waals surface area contributed by atoms with Crippen molar-refractivity contribution in [1.82, 2.24) is 4.98 Å². The highest BCUT2D eigenvalue weighted by Crippen LogP contribution is 2.27. The van der Waals surface area contributed by atoms with Gasteiger partial charge in [-0.2, -0.15) is 0 Å². The monoisotopic (exact) mass is 343 g/mol. The first-order valence-corrected chi connectivity index (χ1v) is 7.14. The normalized spacial score (nSPS) is 10.5. The largest absolute Gasteiger partial charge is 0.436 e. The molecule has 0 unspecified atom stereocenters. The van der Waals surface area contributed by atoms with Crippen LogP contribution in [0.2, 0.25) is 0 Å². The van der Waals surface area contributed by atoms with Crippen molar-refractivity contribution in [2.75, 3.05) is 0 Å². The number of alkyl halides is 1. The molecule has 0 bridgehead atoms. The summed E-state index contributed by atoms with van der Waals surface area (Å²) >= 11 is 9.10. The predicted octanol–water partition coefficient (Wildman–Crippen LogP) is 5.08. The van der Waals surface area contributed by atoms with Crippen LogP contribution in [0.5, 0.6) is 11.6 Å². The van der Waals surface area contributed by atoms with Gasteiger partial charge in [-0.3, -0.25) is 0 Å². The molecule has 0 N–H and O–H groups in total. The number of pyridine rings is 1. The van der Waals surface area contributed by atoms with Crippen LogP contribution in [0.15, 0.2) is 34.8 Å². The summed E-state index contributed by atoms with van der Waals surface area (Å²) in [7, 11) is 0. The van der Waals surface area contributed by atoms with Gasteiger partial charge in [0.25, 0.3) is 0 Å². The molecule has 2 nitrogen and oxygen atoms in total. The number of ether oxygens (including phenoxy) is 1. The molecule has 0 saturated carbocycles. The van der Waals surface area contributed by atoms with Gasteiger partial charge in [0, 0.05) is 22.1 Å². The molecule has 0 amide bonds. The summed E-state index contributed by atoms with van der Waals surface area (Å²) in [6, 6.07) is 8.15. The number of nitrogens with zero attached hydrogens (tertiary/aromatic N) is 1. The van der Waals surface area contributed by atoms with Crippen molar-refractivity contribution in [3.05, 3.63) is 51.9 Å². The van der Waals surface area contributed by atoms with Crippen LogP contribution >= 0.6 is 27.5 Å². The standard InChI is InChI=1S/C14H12BrClFNO/c1-2-11-5-9(8-16)6-14(18-11)19-13-7-10(15)3-4-12(13)17/h3-7H,2,8H2,1H3. The zero-order chi connectivity index (χ0) is 13.8. The maximum Gasteiger partial charge on any atom is 0.219 e. The molecule has 1 aromatic heterocycles. The highest BCUT2D eigenvalue weighted by molar-refractivity contribution is 9.10. The molecule has 0 aliphatic heterocycles. The van der Waals surface area contributed by atoms with Crippen molar-refractivity contribution >= 4 is 27.5 Å². The van der Waals surface area contributed by atoms with E-state index in [2.05, 4.69) is 20.9 Å². The maximum atomic E-state index is 13.6. The first-order chi connectivity index (χ1) is 9.12. The fraction of sp³-hybridized carbons (Fsp3) is 0.214. The highest BCUT2D eigenvalue weighted by Gasteiger charge is 2.08. The van der Waals surface area contributed by atoms with E-state index >= 15 is 0 Å². The number of hydrogen-bond acceptors (Lipinski definition) is 2. The number of aromatic nitrogens is 1. The zero-order valence-electron chi connectivity index (χ0n) is 10.3. The minimum Gasteiger partial charge on any atom is -0.436 e. The van der Waals surface area contributed by atoms with Gasteiger partial charge in [-0.1, -0.05) is 22.9 Å². The van der Waals surface area contributed by atoms with E-state index < -0.39 is 5.82 Å². The third-order valence-electron chi connectivity index (χ3n) is 2.54. The summed E-state index contributed by atoms with van der Waals surface area (Å²) in [6.07, 6.45) is 0.766. The van der Waals surface area contributed by atoms with Gasteiger partial charge in [-0.25, -0.2) is 9.37 Å². The Labute approximate surface area is 124 Å². The van der Waals surface area contributed by atoms with Crippen LogP contribution in [0, 0.1) is 5.82 Å². The Kier molecular flexibility index (Phi) is 4.77. The lowest BCUT2D eigenvalue weighted by Crippen LogP contribution is -1.96. The van der Waals surface area contributed by atoms with Crippen LogP contribution in [-0.2, 0) is 12.3 Å². The minimum atomic E-state index is -0.431. The molecular formula is C14H12BrClFNO. The number of hydrogen-bond donors (Lipinski definition) is 0. The lowest BCUT2D eigenvalue weighted by Gasteiger charge is -2.09. The summed E-state index contributed by atoms with van der Waals surface area (Å²) in [5.74, 6) is 0.425. The van der Waals surface area contributed by atoms with Crippen molar-refractivity contribution in [3.8, 4) is 11.6 Å². The third-order valence-corrected chi connectivity index (χ3v) is 3.34. The van der Waals surface area contributed by atoms with E-state index in [-0.39, 0.29) is 5.75 Å². The van der Waals surface area contributed by atoms with E-state index in [1.165, 1.54) is 6.07 Å². The summed E-state index contributed by atoms with van der Waals surface area (Å²) in [5, 5.41) is 0. The summed E-state index contributed by atoms with van der Waals surface area (Å²) in [6.45, 7) is 1.99. The molecule has 2 rings (SSSR count). The van der Waals surface area contributed by atoms with E-state index in [0.717, 1.165) is 22.2 Å². The average Bonchev–Trinajstić information content (AvgIpc) is 2.42. The summed E-state index contributed by atoms with van der Waals surface area (Å²) in [4.78, 5) is 4.30. The van der Waals surface area contributed by atoms with E-state index in [4.69, 9.17) is 16.3 Å². The van der Waals surface area contributed by atoms with Crippen LogP contribution in [0.25, 0.3) is 0 Å². The van der Waals surface area contributed by atoms with Gasteiger partial charge in [0.1, 0.15) is 0 Å². The molecule has 2 aromatic rings. The Morgan fingerprint density at radius 3 is 2.79 bits per heavy atom. The lowest BCUT2D eigenvalue weighted by molar-refractivity contribution is 0.425. The van der Waals surface area contributed by atoms with Crippen molar-refractivity contribution in [3.63, 3.8) is 0 Å². The second kappa shape index (κ2) is 6.35. The van der Waals surface area contributed by atoms with Crippen LogP contribution < -0.4 is 4.74 Å².